The van der Waals surface area contributed by atoms with Crippen LogP contribution in [0.1, 0.15) is 60.2 Å². The Morgan fingerprint density at radius 3 is 2.85 bits per heavy atom. The van der Waals surface area contributed by atoms with Gasteiger partial charge in [0.2, 0.25) is 0 Å². The standard InChI is InChI=1S/C31H35ClN2O3S2/c1-33-17-25(18-35)39-20-24-9-10-28(34-24)26(23-8-11-30(38-2)27(32)15-23)14-21-12-13-31(16-21)36-19-29(37-31)22-6-4-3-5-7-22/h3-11,15,17,21,26,29,34-35H,1,12-14,16,18-20H2,2H3/b25-17-/t21-,26?,29?,31?/m1/s1. The second-order valence-corrected chi connectivity index (χ2v) is 12.6. The van der Waals surface area contributed by atoms with Crippen LogP contribution in [0.15, 0.2) is 81.7 Å². The first-order valence-corrected chi connectivity index (χ1v) is 15.9. The zero-order valence-corrected chi connectivity index (χ0v) is 24.5. The van der Waals surface area contributed by atoms with E-state index in [4.69, 9.17) is 21.1 Å². The van der Waals surface area contributed by atoms with Crippen molar-refractivity contribution in [1.29, 1.82) is 0 Å². The van der Waals surface area contributed by atoms with Gasteiger partial charge in [0, 0.05) is 51.9 Å². The second-order valence-electron chi connectivity index (χ2n) is 10.2. The Morgan fingerprint density at radius 2 is 2.10 bits per heavy atom. The lowest BCUT2D eigenvalue weighted by molar-refractivity contribution is -0.165. The number of aliphatic hydroxyl groups excluding tert-OH is 1. The van der Waals surface area contributed by atoms with Crippen molar-refractivity contribution in [2.75, 3.05) is 19.5 Å². The van der Waals surface area contributed by atoms with Crippen LogP contribution in [-0.4, -0.2) is 42.1 Å². The van der Waals surface area contributed by atoms with Crippen LogP contribution in [0.25, 0.3) is 0 Å². The summed E-state index contributed by atoms with van der Waals surface area (Å²) >= 11 is 9.89. The van der Waals surface area contributed by atoms with E-state index in [9.17, 15) is 5.11 Å². The van der Waals surface area contributed by atoms with E-state index in [1.54, 1.807) is 29.7 Å². The Hall–Kier alpha value is -2.00. The van der Waals surface area contributed by atoms with Crippen LogP contribution in [0.3, 0.4) is 0 Å². The second kappa shape index (κ2) is 13.1. The molecule has 5 nitrogen and oxygen atoms in total. The van der Waals surface area contributed by atoms with E-state index in [0.29, 0.717) is 12.5 Å². The predicted molar refractivity (Wildman–Crippen MR) is 163 cm³/mol. The van der Waals surface area contributed by atoms with E-state index in [2.05, 4.69) is 71.3 Å². The molecule has 2 aliphatic rings. The fourth-order valence-corrected chi connectivity index (χ4v) is 7.34. The van der Waals surface area contributed by atoms with Gasteiger partial charge in [-0.3, -0.25) is 4.99 Å². The predicted octanol–water partition coefficient (Wildman–Crippen LogP) is 7.96. The first kappa shape index (κ1) is 28.5. The molecule has 2 N–H and O–H groups in total. The Kier molecular flexibility index (Phi) is 9.59. The van der Waals surface area contributed by atoms with Gasteiger partial charge in [-0.25, -0.2) is 0 Å². The molecule has 0 amide bonds. The Morgan fingerprint density at radius 1 is 1.26 bits per heavy atom. The zero-order chi connectivity index (χ0) is 27.2. The van der Waals surface area contributed by atoms with Gasteiger partial charge in [0.15, 0.2) is 5.79 Å². The van der Waals surface area contributed by atoms with Crippen molar-refractivity contribution in [1.82, 2.24) is 4.98 Å². The summed E-state index contributed by atoms with van der Waals surface area (Å²) in [6, 6.07) is 21.1. The number of rotatable bonds is 11. The maximum atomic E-state index is 9.55. The Bertz CT molecular complexity index is 1300. The lowest BCUT2D eigenvalue weighted by Gasteiger charge is -2.25. The van der Waals surface area contributed by atoms with Crippen LogP contribution >= 0.6 is 35.1 Å². The van der Waals surface area contributed by atoms with Crippen molar-refractivity contribution in [3.8, 4) is 0 Å². The fraction of sp³-hybridized carbons (Fsp3) is 0.387. The van der Waals surface area contributed by atoms with Crippen LogP contribution in [0.2, 0.25) is 5.02 Å². The third kappa shape index (κ3) is 6.84. The minimum Gasteiger partial charge on any atom is -0.391 e. The summed E-state index contributed by atoms with van der Waals surface area (Å²) in [6.07, 6.45) is 7.51. The minimum atomic E-state index is -0.486. The van der Waals surface area contributed by atoms with Crippen LogP contribution < -0.4 is 0 Å². The Labute approximate surface area is 244 Å². The summed E-state index contributed by atoms with van der Waals surface area (Å²) in [5.74, 6) is 0.869. The molecule has 4 atom stereocenters. The molecular weight excluding hydrogens is 548 g/mol. The average Bonchev–Trinajstić information content (AvgIpc) is 3.71. The Balaban J connectivity index is 1.32. The lowest BCUT2D eigenvalue weighted by Crippen LogP contribution is -2.26. The molecule has 2 heterocycles. The lowest BCUT2D eigenvalue weighted by atomic mass is 9.85. The maximum Gasteiger partial charge on any atom is 0.169 e. The number of aliphatic hydroxyl groups is 1. The summed E-state index contributed by atoms with van der Waals surface area (Å²) in [5, 5.41) is 10.3. The quantitative estimate of drug-likeness (QED) is 0.177. The number of hydrogen-bond donors (Lipinski definition) is 2. The van der Waals surface area contributed by atoms with Gasteiger partial charge in [-0.1, -0.05) is 48.0 Å². The molecule has 1 saturated carbocycles. The molecule has 1 spiro atoms. The molecule has 3 unspecified atom stereocenters. The molecule has 0 bridgehead atoms. The molecule has 0 radical (unpaired) electrons. The van der Waals surface area contributed by atoms with Crippen molar-refractivity contribution in [2.24, 2.45) is 10.9 Å². The van der Waals surface area contributed by atoms with Gasteiger partial charge >= 0.3 is 0 Å². The maximum absolute atomic E-state index is 9.55. The smallest absolute Gasteiger partial charge is 0.169 e. The van der Waals surface area contributed by atoms with E-state index in [1.165, 1.54) is 16.8 Å². The van der Waals surface area contributed by atoms with Crippen molar-refractivity contribution in [3.63, 3.8) is 0 Å². The highest BCUT2D eigenvalue weighted by molar-refractivity contribution is 8.02. The minimum absolute atomic E-state index is 0.00346. The molecule has 39 heavy (non-hydrogen) atoms. The molecule has 1 aliphatic heterocycles. The van der Waals surface area contributed by atoms with E-state index in [-0.39, 0.29) is 18.6 Å². The molecule has 1 aliphatic carbocycles. The van der Waals surface area contributed by atoms with E-state index in [0.717, 1.165) is 52.0 Å². The molecule has 1 saturated heterocycles. The molecule has 8 heteroatoms. The number of hydrogen-bond acceptors (Lipinski definition) is 6. The summed E-state index contributed by atoms with van der Waals surface area (Å²) < 4.78 is 12.9. The highest BCUT2D eigenvalue weighted by atomic mass is 35.5. The third-order valence-electron chi connectivity index (χ3n) is 7.66. The normalized spacial score (nSPS) is 23.9. The largest absolute Gasteiger partial charge is 0.391 e. The number of aromatic nitrogens is 1. The number of aliphatic imine (C=N–C) groups is 1. The topological polar surface area (TPSA) is 66.8 Å². The molecule has 1 aromatic heterocycles. The fourth-order valence-electron chi connectivity index (χ4n) is 5.71. The number of nitrogens with one attached hydrogen (secondary N) is 1. The van der Waals surface area contributed by atoms with Gasteiger partial charge in [0.1, 0.15) is 6.10 Å². The number of thioether (sulfide) groups is 2. The molecular formula is C31H35ClN2O3S2. The summed E-state index contributed by atoms with van der Waals surface area (Å²) in [4.78, 5) is 9.32. The highest BCUT2D eigenvalue weighted by Gasteiger charge is 2.48. The van der Waals surface area contributed by atoms with Crippen molar-refractivity contribution in [3.05, 3.63) is 99.3 Å². The number of nitrogens with zero attached hydrogens (tertiary/aromatic N) is 1. The van der Waals surface area contributed by atoms with Crippen LogP contribution in [0.4, 0.5) is 0 Å². The number of H-pyrrole nitrogens is 1. The highest BCUT2D eigenvalue weighted by Crippen LogP contribution is 2.49. The van der Waals surface area contributed by atoms with Crippen LogP contribution in [0, 0.1) is 5.92 Å². The summed E-state index contributed by atoms with van der Waals surface area (Å²) in [5.41, 5.74) is 4.67. The molecule has 2 fully saturated rings. The van der Waals surface area contributed by atoms with Crippen molar-refractivity contribution in [2.45, 2.75) is 54.1 Å². The van der Waals surface area contributed by atoms with Gasteiger partial charge in [-0.15, -0.1) is 23.5 Å². The summed E-state index contributed by atoms with van der Waals surface area (Å²) in [7, 11) is 0. The van der Waals surface area contributed by atoms with Crippen molar-refractivity contribution < 1.29 is 14.6 Å². The number of benzene rings is 2. The first-order chi connectivity index (χ1) is 19.0. The monoisotopic (exact) mass is 582 g/mol. The third-order valence-corrected chi connectivity index (χ3v) is 9.94. The zero-order valence-electron chi connectivity index (χ0n) is 22.1. The van der Waals surface area contributed by atoms with E-state index in [1.807, 2.05) is 12.3 Å². The van der Waals surface area contributed by atoms with E-state index >= 15 is 0 Å². The van der Waals surface area contributed by atoms with Gasteiger partial charge in [-0.05, 0) is 67.1 Å². The van der Waals surface area contributed by atoms with Crippen molar-refractivity contribution >= 4 is 41.8 Å². The molecule has 206 valence electrons. The van der Waals surface area contributed by atoms with Gasteiger partial charge < -0.3 is 19.6 Å². The number of aromatic amines is 1. The van der Waals surface area contributed by atoms with E-state index < -0.39 is 5.79 Å². The van der Waals surface area contributed by atoms with Gasteiger partial charge in [0.25, 0.3) is 0 Å². The van der Waals surface area contributed by atoms with Gasteiger partial charge in [0.05, 0.1) is 18.2 Å². The summed E-state index contributed by atoms with van der Waals surface area (Å²) in [6.45, 7) is 4.05. The van der Waals surface area contributed by atoms with Crippen LogP contribution in [0.5, 0.6) is 0 Å². The van der Waals surface area contributed by atoms with Gasteiger partial charge in [-0.2, -0.15) is 0 Å². The average molecular weight is 583 g/mol. The number of halogens is 1. The van der Waals surface area contributed by atoms with Crippen LogP contribution in [-0.2, 0) is 15.2 Å². The molecule has 3 aromatic rings. The molecule has 5 rings (SSSR count). The molecule has 2 aromatic carbocycles. The number of ether oxygens (including phenoxy) is 2. The SMILES string of the molecule is C=N/C=C(/CO)SCc1ccc(C(C[C@H]2CCC3(C2)OCC(c2ccccc2)O3)c2ccc(SC)c(Cl)c2)[nH]1. The first-order valence-electron chi connectivity index (χ1n) is 13.3.